The zero-order valence-electron chi connectivity index (χ0n) is 9.60. The lowest BCUT2D eigenvalue weighted by Gasteiger charge is -2.00. The summed E-state index contributed by atoms with van der Waals surface area (Å²) < 4.78 is 40.8. The van der Waals surface area contributed by atoms with Crippen LogP contribution in [-0.2, 0) is 11.2 Å². The number of aryl methyl sites for hydroxylation is 1. The summed E-state index contributed by atoms with van der Waals surface area (Å²) in [6.45, 7) is 1.64. The minimum absolute atomic E-state index is 0.00970. The highest BCUT2D eigenvalue weighted by Gasteiger charge is 2.39. The van der Waals surface area contributed by atoms with Crippen LogP contribution in [0.5, 0.6) is 0 Å². The van der Waals surface area contributed by atoms with Crippen LogP contribution in [0.2, 0.25) is 0 Å². The van der Waals surface area contributed by atoms with Crippen molar-refractivity contribution in [3.05, 3.63) is 24.0 Å². The summed E-state index contributed by atoms with van der Waals surface area (Å²) in [5.41, 5.74) is 0.307. The quantitative estimate of drug-likeness (QED) is 0.842. The first kappa shape index (κ1) is 13.1. The van der Waals surface area contributed by atoms with E-state index in [1.165, 1.54) is 12.3 Å². The molecule has 2 rings (SSSR count). The number of Topliss-reactive ketones (excluding diaryl/α,β-unsaturated/α-hetero) is 1. The summed E-state index contributed by atoms with van der Waals surface area (Å²) in [5, 5.41) is 3.47. The number of alkyl halides is 3. The average Bonchev–Trinajstić information content (AvgIpc) is 2.76. The van der Waals surface area contributed by atoms with Crippen molar-refractivity contribution in [2.75, 3.05) is 0 Å². The number of ketones is 1. The van der Waals surface area contributed by atoms with E-state index >= 15 is 0 Å². The van der Waals surface area contributed by atoms with Gasteiger partial charge in [0.1, 0.15) is 11.5 Å². The molecular weight excluding hydrogens is 265 g/mol. The molecule has 0 radical (unpaired) electrons. The van der Waals surface area contributed by atoms with Crippen LogP contribution in [0.15, 0.2) is 16.8 Å². The van der Waals surface area contributed by atoms with E-state index < -0.39 is 24.3 Å². The van der Waals surface area contributed by atoms with Gasteiger partial charge in [0.05, 0.1) is 6.42 Å². The largest absolute Gasteiger partial charge is 0.450 e. The molecule has 19 heavy (non-hydrogen) atoms. The molecule has 0 bridgehead atoms. The van der Waals surface area contributed by atoms with Crippen molar-refractivity contribution in [2.45, 2.75) is 19.5 Å². The minimum atomic E-state index is -4.92. The third-order valence-corrected chi connectivity index (χ3v) is 2.10. The van der Waals surface area contributed by atoms with Gasteiger partial charge in [0.2, 0.25) is 17.5 Å². The Morgan fingerprint density at radius 3 is 2.74 bits per heavy atom. The Bertz CT molecular complexity index is 609. The molecule has 0 saturated carbocycles. The van der Waals surface area contributed by atoms with Crippen LogP contribution in [0.1, 0.15) is 11.7 Å². The Hall–Kier alpha value is -2.32. The van der Waals surface area contributed by atoms with E-state index in [-0.39, 0.29) is 5.82 Å². The van der Waals surface area contributed by atoms with Crippen LogP contribution in [0.4, 0.5) is 13.2 Å². The SMILES string of the molecule is Cc1nccc(-c2noc(CC(=O)C(F)(F)F)n2)n1. The lowest BCUT2D eigenvalue weighted by atomic mass is 10.3. The number of hydrogen-bond donors (Lipinski definition) is 0. The summed E-state index contributed by atoms with van der Waals surface area (Å²) in [6.07, 6.45) is -4.45. The molecule has 0 aromatic carbocycles. The number of carbonyl (C=O) groups is 1. The molecule has 2 aromatic heterocycles. The fraction of sp³-hybridized carbons (Fsp3) is 0.300. The van der Waals surface area contributed by atoms with Gasteiger partial charge in [-0.05, 0) is 13.0 Å². The standard InChI is InChI=1S/C10H7F3N4O2/c1-5-14-3-2-6(15-5)9-16-8(19-17-9)4-7(18)10(11,12)13/h2-3H,4H2,1H3. The molecule has 0 aliphatic carbocycles. The molecule has 9 heteroatoms. The smallest absolute Gasteiger partial charge is 0.338 e. The van der Waals surface area contributed by atoms with E-state index in [2.05, 4.69) is 24.6 Å². The molecule has 100 valence electrons. The summed E-state index contributed by atoms with van der Waals surface area (Å²) in [5.74, 6) is -1.89. The number of hydrogen-bond acceptors (Lipinski definition) is 6. The molecular formula is C10H7F3N4O2. The maximum Gasteiger partial charge on any atom is 0.450 e. The zero-order valence-corrected chi connectivity index (χ0v) is 9.60. The average molecular weight is 272 g/mol. The molecule has 0 atom stereocenters. The van der Waals surface area contributed by atoms with E-state index in [0.29, 0.717) is 11.5 Å². The summed E-state index contributed by atoms with van der Waals surface area (Å²) in [6, 6.07) is 1.48. The molecule has 0 amide bonds. The third-order valence-electron chi connectivity index (χ3n) is 2.10. The highest BCUT2D eigenvalue weighted by atomic mass is 19.4. The van der Waals surface area contributed by atoms with Crippen LogP contribution in [0.25, 0.3) is 11.5 Å². The van der Waals surface area contributed by atoms with E-state index in [1.54, 1.807) is 6.92 Å². The van der Waals surface area contributed by atoms with Gasteiger partial charge < -0.3 is 4.52 Å². The van der Waals surface area contributed by atoms with Gasteiger partial charge in [0.25, 0.3) is 0 Å². The second kappa shape index (κ2) is 4.75. The van der Waals surface area contributed by atoms with Gasteiger partial charge in [0.15, 0.2) is 0 Å². The monoisotopic (exact) mass is 272 g/mol. The van der Waals surface area contributed by atoms with Crippen molar-refractivity contribution in [2.24, 2.45) is 0 Å². The Labute approximate surface area is 104 Å². The fourth-order valence-corrected chi connectivity index (χ4v) is 1.25. The molecule has 2 aromatic rings. The molecule has 0 unspecified atom stereocenters. The maximum absolute atomic E-state index is 12.1. The summed E-state index contributed by atoms with van der Waals surface area (Å²) >= 11 is 0. The molecule has 0 saturated heterocycles. The third kappa shape index (κ3) is 3.12. The lowest BCUT2D eigenvalue weighted by Crippen LogP contribution is -2.24. The van der Waals surface area contributed by atoms with Gasteiger partial charge in [-0.2, -0.15) is 18.2 Å². The molecule has 0 spiro atoms. The Morgan fingerprint density at radius 2 is 2.11 bits per heavy atom. The Morgan fingerprint density at radius 1 is 1.37 bits per heavy atom. The van der Waals surface area contributed by atoms with Gasteiger partial charge >= 0.3 is 6.18 Å². The van der Waals surface area contributed by atoms with Crippen LogP contribution >= 0.6 is 0 Å². The number of aromatic nitrogens is 4. The fourth-order valence-electron chi connectivity index (χ4n) is 1.25. The Kier molecular flexibility index (Phi) is 3.28. The van der Waals surface area contributed by atoms with E-state index in [9.17, 15) is 18.0 Å². The van der Waals surface area contributed by atoms with Crippen LogP contribution in [0.3, 0.4) is 0 Å². The molecule has 0 N–H and O–H groups in total. The van der Waals surface area contributed by atoms with Gasteiger partial charge in [-0.25, -0.2) is 9.97 Å². The first-order valence-electron chi connectivity index (χ1n) is 5.09. The minimum Gasteiger partial charge on any atom is -0.338 e. The predicted molar refractivity (Wildman–Crippen MR) is 54.8 cm³/mol. The van der Waals surface area contributed by atoms with E-state index in [0.717, 1.165) is 0 Å². The van der Waals surface area contributed by atoms with Gasteiger partial charge in [-0.15, -0.1) is 0 Å². The van der Waals surface area contributed by atoms with Crippen LogP contribution in [0, 0.1) is 6.92 Å². The predicted octanol–water partition coefficient (Wildman–Crippen LogP) is 1.51. The summed E-state index contributed by atoms with van der Waals surface area (Å²) in [4.78, 5) is 22.3. The second-order valence-electron chi connectivity index (χ2n) is 3.60. The lowest BCUT2D eigenvalue weighted by molar-refractivity contribution is -0.170. The maximum atomic E-state index is 12.1. The van der Waals surface area contributed by atoms with Crippen molar-refractivity contribution in [3.8, 4) is 11.5 Å². The number of rotatable bonds is 3. The van der Waals surface area contributed by atoms with Crippen molar-refractivity contribution in [1.82, 2.24) is 20.1 Å². The molecule has 6 nitrogen and oxygen atoms in total. The van der Waals surface area contributed by atoms with Gasteiger partial charge in [-0.1, -0.05) is 5.16 Å². The van der Waals surface area contributed by atoms with Crippen molar-refractivity contribution < 1.29 is 22.5 Å². The number of halogens is 3. The molecule has 0 aliphatic rings. The second-order valence-corrected chi connectivity index (χ2v) is 3.60. The molecule has 0 aliphatic heterocycles. The molecule has 0 fully saturated rings. The first-order valence-corrected chi connectivity index (χ1v) is 5.09. The van der Waals surface area contributed by atoms with Crippen LogP contribution in [-0.4, -0.2) is 32.1 Å². The van der Waals surface area contributed by atoms with Crippen LogP contribution < -0.4 is 0 Å². The van der Waals surface area contributed by atoms with E-state index in [4.69, 9.17) is 0 Å². The number of nitrogens with zero attached hydrogens (tertiary/aromatic N) is 4. The van der Waals surface area contributed by atoms with Crippen molar-refractivity contribution in [1.29, 1.82) is 0 Å². The number of carbonyl (C=O) groups excluding carboxylic acids is 1. The first-order chi connectivity index (χ1) is 8.86. The highest BCUT2D eigenvalue weighted by molar-refractivity contribution is 5.85. The normalized spacial score (nSPS) is 11.6. The van der Waals surface area contributed by atoms with Crippen molar-refractivity contribution >= 4 is 5.78 Å². The molecule has 2 heterocycles. The van der Waals surface area contributed by atoms with Gasteiger partial charge in [-0.3, -0.25) is 4.79 Å². The Balaban J connectivity index is 2.18. The summed E-state index contributed by atoms with van der Waals surface area (Å²) in [7, 11) is 0. The van der Waals surface area contributed by atoms with Gasteiger partial charge in [0, 0.05) is 6.20 Å². The topological polar surface area (TPSA) is 81.8 Å². The zero-order chi connectivity index (χ0) is 14.0. The highest BCUT2D eigenvalue weighted by Crippen LogP contribution is 2.19. The van der Waals surface area contributed by atoms with Crippen molar-refractivity contribution in [3.63, 3.8) is 0 Å². The van der Waals surface area contributed by atoms with E-state index in [1.807, 2.05) is 0 Å².